The van der Waals surface area contributed by atoms with Gasteiger partial charge in [0.1, 0.15) is 17.1 Å². The normalized spacial score (nSPS) is 11.1. The lowest BCUT2D eigenvalue weighted by Crippen LogP contribution is -1.99. The van der Waals surface area contributed by atoms with E-state index in [1.54, 1.807) is 37.4 Å². The highest BCUT2D eigenvalue weighted by molar-refractivity contribution is 7.98. The summed E-state index contributed by atoms with van der Waals surface area (Å²) in [6.45, 7) is 0. The van der Waals surface area contributed by atoms with Crippen LogP contribution in [0.15, 0.2) is 56.8 Å². The van der Waals surface area contributed by atoms with Crippen molar-refractivity contribution in [1.82, 2.24) is 15.2 Å². The number of aromatic hydroxyl groups is 1. The number of fused-ring (bicyclic) bond motifs is 1. The van der Waals surface area contributed by atoms with Crippen LogP contribution in [0, 0.1) is 0 Å². The van der Waals surface area contributed by atoms with Gasteiger partial charge in [-0.1, -0.05) is 23.4 Å². The van der Waals surface area contributed by atoms with Crippen LogP contribution in [-0.4, -0.2) is 27.4 Å². The third-order valence-corrected chi connectivity index (χ3v) is 5.18. The quantitative estimate of drug-likeness (QED) is 0.371. The van der Waals surface area contributed by atoms with E-state index in [1.165, 1.54) is 23.9 Å². The molecule has 2 heterocycles. The average molecular weight is 416 g/mol. The Morgan fingerprint density at radius 3 is 2.93 bits per heavy atom. The van der Waals surface area contributed by atoms with Gasteiger partial charge in [-0.15, -0.1) is 5.10 Å². The molecule has 28 heavy (non-hydrogen) atoms. The van der Waals surface area contributed by atoms with Crippen molar-refractivity contribution in [2.75, 3.05) is 7.11 Å². The lowest BCUT2D eigenvalue weighted by Gasteiger charge is -2.05. The SMILES string of the molecule is COc1ccc(Cl)cc1-c1nc(SCc2cc(=O)oc3cc(O)ccc23)n[nH]1. The number of ether oxygens (including phenoxy) is 1. The van der Waals surface area contributed by atoms with E-state index in [2.05, 4.69) is 15.2 Å². The fraction of sp³-hybridized carbons (Fsp3) is 0.105. The molecule has 0 spiro atoms. The maximum atomic E-state index is 11.8. The summed E-state index contributed by atoms with van der Waals surface area (Å²) in [5.74, 6) is 1.65. The summed E-state index contributed by atoms with van der Waals surface area (Å²) in [6, 6.07) is 11.4. The lowest BCUT2D eigenvalue weighted by atomic mass is 10.1. The highest BCUT2D eigenvalue weighted by Gasteiger charge is 2.13. The number of hydrogen-bond donors (Lipinski definition) is 2. The number of aromatic amines is 1. The van der Waals surface area contributed by atoms with E-state index < -0.39 is 5.63 Å². The molecule has 4 rings (SSSR count). The van der Waals surface area contributed by atoms with Gasteiger partial charge < -0.3 is 14.3 Å². The molecule has 0 saturated carbocycles. The number of phenols is 1. The Kier molecular flexibility index (Phi) is 4.97. The molecule has 9 heteroatoms. The van der Waals surface area contributed by atoms with Gasteiger partial charge in [-0.3, -0.25) is 5.10 Å². The smallest absolute Gasteiger partial charge is 0.336 e. The molecular formula is C19H14ClN3O4S. The van der Waals surface area contributed by atoms with Crippen LogP contribution in [0.2, 0.25) is 5.02 Å². The van der Waals surface area contributed by atoms with Crippen LogP contribution in [0.3, 0.4) is 0 Å². The highest BCUT2D eigenvalue weighted by Crippen LogP contribution is 2.32. The van der Waals surface area contributed by atoms with E-state index in [4.69, 9.17) is 20.8 Å². The largest absolute Gasteiger partial charge is 0.508 e. The zero-order valence-electron chi connectivity index (χ0n) is 14.6. The zero-order valence-corrected chi connectivity index (χ0v) is 16.2. The summed E-state index contributed by atoms with van der Waals surface area (Å²) >= 11 is 7.44. The van der Waals surface area contributed by atoms with Gasteiger partial charge in [0, 0.05) is 28.3 Å². The molecule has 142 valence electrons. The summed E-state index contributed by atoms with van der Waals surface area (Å²) in [5.41, 5.74) is 1.33. The van der Waals surface area contributed by atoms with E-state index >= 15 is 0 Å². The minimum absolute atomic E-state index is 0.0366. The van der Waals surface area contributed by atoms with Gasteiger partial charge in [0.25, 0.3) is 0 Å². The Labute approximate surface area is 168 Å². The van der Waals surface area contributed by atoms with Crippen LogP contribution >= 0.6 is 23.4 Å². The monoisotopic (exact) mass is 415 g/mol. The number of nitrogens with zero attached hydrogens (tertiary/aromatic N) is 2. The maximum absolute atomic E-state index is 11.8. The zero-order chi connectivity index (χ0) is 19.7. The van der Waals surface area contributed by atoms with E-state index in [1.807, 2.05) is 0 Å². The van der Waals surface area contributed by atoms with Crippen LogP contribution in [0.1, 0.15) is 5.56 Å². The Hall–Kier alpha value is -2.97. The minimum Gasteiger partial charge on any atom is -0.508 e. The molecule has 0 atom stereocenters. The number of methoxy groups -OCH3 is 1. The van der Waals surface area contributed by atoms with Crippen LogP contribution < -0.4 is 10.4 Å². The first kappa shape index (κ1) is 18.4. The Balaban J connectivity index is 1.60. The van der Waals surface area contributed by atoms with Crippen LogP contribution in [-0.2, 0) is 5.75 Å². The second-order valence-electron chi connectivity index (χ2n) is 5.87. The Bertz CT molecular complexity index is 1220. The topological polar surface area (TPSA) is 101 Å². The van der Waals surface area contributed by atoms with E-state index in [-0.39, 0.29) is 5.75 Å². The number of aromatic nitrogens is 3. The molecular weight excluding hydrogens is 402 g/mol. The number of thioether (sulfide) groups is 1. The van der Waals surface area contributed by atoms with E-state index in [0.717, 1.165) is 10.9 Å². The molecule has 0 aliphatic heterocycles. The number of phenolic OH excluding ortho intramolecular Hbond substituents is 1. The van der Waals surface area contributed by atoms with Crippen LogP contribution in [0.5, 0.6) is 11.5 Å². The molecule has 7 nitrogen and oxygen atoms in total. The molecule has 0 fully saturated rings. The third kappa shape index (κ3) is 3.69. The number of halogens is 1. The summed E-state index contributed by atoms with van der Waals surface area (Å²) in [7, 11) is 1.57. The molecule has 2 N–H and O–H groups in total. The first-order valence-electron chi connectivity index (χ1n) is 8.18. The van der Waals surface area contributed by atoms with Gasteiger partial charge in [0.05, 0.1) is 12.7 Å². The summed E-state index contributed by atoms with van der Waals surface area (Å²) in [5, 5.41) is 18.5. The average Bonchev–Trinajstić information content (AvgIpc) is 3.14. The Morgan fingerprint density at radius 2 is 2.11 bits per heavy atom. The molecule has 2 aromatic heterocycles. The lowest BCUT2D eigenvalue weighted by molar-refractivity contribution is 0.416. The van der Waals surface area contributed by atoms with Gasteiger partial charge >= 0.3 is 5.63 Å². The fourth-order valence-corrected chi connectivity index (χ4v) is 3.74. The molecule has 0 aliphatic rings. The summed E-state index contributed by atoms with van der Waals surface area (Å²) in [4.78, 5) is 16.3. The minimum atomic E-state index is -0.479. The first-order chi connectivity index (χ1) is 13.5. The van der Waals surface area contributed by atoms with Crippen molar-refractivity contribution in [1.29, 1.82) is 0 Å². The van der Waals surface area contributed by atoms with E-state index in [0.29, 0.717) is 38.7 Å². The van der Waals surface area contributed by atoms with Crippen molar-refractivity contribution in [3.63, 3.8) is 0 Å². The standard InChI is InChI=1S/C19H14ClN3O4S/c1-26-15-5-2-11(20)7-14(15)18-21-19(23-22-18)28-9-10-6-17(25)27-16-8-12(24)3-4-13(10)16/h2-8,24H,9H2,1H3,(H,21,22,23). The number of H-pyrrole nitrogens is 1. The molecule has 0 radical (unpaired) electrons. The van der Waals surface area contributed by atoms with Crippen molar-refractivity contribution < 1.29 is 14.3 Å². The summed E-state index contributed by atoms with van der Waals surface area (Å²) in [6.07, 6.45) is 0. The van der Waals surface area contributed by atoms with Crippen molar-refractivity contribution in [2.45, 2.75) is 10.9 Å². The first-order valence-corrected chi connectivity index (χ1v) is 9.55. The second-order valence-corrected chi connectivity index (χ2v) is 7.25. The van der Waals surface area contributed by atoms with Crippen LogP contribution in [0.4, 0.5) is 0 Å². The molecule has 2 aromatic carbocycles. The molecule has 0 aliphatic carbocycles. The predicted octanol–water partition coefficient (Wildman–Crippen LogP) is 4.24. The molecule has 0 amide bonds. The number of rotatable bonds is 5. The van der Waals surface area contributed by atoms with Gasteiger partial charge in [-0.05, 0) is 35.9 Å². The van der Waals surface area contributed by atoms with E-state index in [9.17, 15) is 9.90 Å². The van der Waals surface area contributed by atoms with Gasteiger partial charge in [-0.25, -0.2) is 9.78 Å². The van der Waals surface area contributed by atoms with Gasteiger partial charge in [0.2, 0.25) is 5.16 Å². The second kappa shape index (κ2) is 7.57. The Morgan fingerprint density at radius 1 is 1.25 bits per heavy atom. The predicted molar refractivity (Wildman–Crippen MR) is 107 cm³/mol. The molecule has 0 unspecified atom stereocenters. The summed E-state index contributed by atoms with van der Waals surface area (Å²) < 4.78 is 10.5. The van der Waals surface area contributed by atoms with Crippen LogP contribution in [0.25, 0.3) is 22.4 Å². The van der Waals surface area contributed by atoms with Gasteiger partial charge in [0.15, 0.2) is 5.82 Å². The fourth-order valence-electron chi connectivity index (χ4n) is 2.78. The highest BCUT2D eigenvalue weighted by atomic mass is 35.5. The van der Waals surface area contributed by atoms with Gasteiger partial charge in [-0.2, -0.15) is 0 Å². The number of nitrogens with one attached hydrogen (secondary N) is 1. The van der Waals surface area contributed by atoms with Crippen molar-refractivity contribution in [3.05, 3.63) is 63.5 Å². The molecule has 4 aromatic rings. The number of hydrogen-bond acceptors (Lipinski definition) is 7. The molecule has 0 saturated heterocycles. The number of benzene rings is 2. The van der Waals surface area contributed by atoms with Crippen molar-refractivity contribution >= 4 is 34.3 Å². The third-order valence-electron chi connectivity index (χ3n) is 4.05. The van der Waals surface area contributed by atoms with Crippen molar-refractivity contribution in [3.8, 4) is 22.9 Å². The molecule has 0 bridgehead atoms. The maximum Gasteiger partial charge on any atom is 0.336 e. The van der Waals surface area contributed by atoms with Crippen molar-refractivity contribution in [2.24, 2.45) is 0 Å².